The number of carbonyl (C=O) groups excluding carboxylic acids is 1. The highest BCUT2D eigenvalue weighted by Crippen LogP contribution is 2.31. The van der Waals surface area contributed by atoms with Crippen molar-refractivity contribution in [2.45, 2.75) is 5.16 Å². The maximum Gasteiger partial charge on any atom is 0.269 e. The lowest BCUT2D eigenvalue weighted by Gasteiger charge is -2.09. The number of anilines is 1. The third-order valence-electron chi connectivity index (χ3n) is 4.61. The largest absolute Gasteiger partial charge is 0.493 e. The molecule has 2 heterocycles. The molecule has 4 aromatic rings. The first-order valence-corrected chi connectivity index (χ1v) is 10.6. The molecular weight excluding hydrogens is 448 g/mol. The van der Waals surface area contributed by atoms with E-state index in [0.717, 1.165) is 5.56 Å². The van der Waals surface area contributed by atoms with Crippen molar-refractivity contribution >= 4 is 34.7 Å². The van der Waals surface area contributed by atoms with E-state index in [1.165, 1.54) is 36.0 Å². The summed E-state index contributed by atoms with van der Waals surface area (Å²) in [5.41, 5.74) is 2.44. The molecule has 0 atom stereocenters. The van der Waals surface area contributed by atoms with E-state index in [1.807, 2.05) is 18.2 Å². The van der Waals surface area contributed by atoms with Gasteiger partial charge >= 0.3 is 0 Å². The zero-order valence-electron chi connectivity index (χ0n) is 17.6. The Balaban J connectivity index is 1.48. The van der Waals surface area contributed by atoms with Gasteiger partial charge in [0.2, 0.25) is 11.1 Å². The summed E-state index contributed by atoms with van der Waals surface area (Å²) < 4.78 is 12.2. The van der Waals surface area contributed by atoms with Gasteiger partial charge in [-0.05, 0) is 42.5 Å². The van der Waals surface area contributed by atoms with Crippen molar-refractivity contribution in [1.82, 2.24) is 19.8 Å². The van der Waals surface area contributed by atoms with Gasteiger partial charge in [0.05, 0.1) is 30.6 Å². The highest BCUT2D eigenvalue weighted by atomic mass is 32.2. The standard InChI is InChI=1S/C21H18N6O5S/c1-31-17-9-3-13(11-18(17)32-2)16-8-10-19-23-24-21(26(19)25-16)33-12-20(28)22-14-4-6-15(7-5-14)27(29)30/h3-11H,12H2,1-2H3,(H,22,28). The van der Waals surface area contributed by atoms with E-state index in [-0.39, 0.29) is 17.3 Å². The van der Waals surface area contributed by atoms with Crippen LogP contribution in [0.25, 0.3) is 16.9 Å². The average Bonchev–Trinajstić information content (AvgIpc) is 3.24. The summed E-state index contributed by atoms with van der Waals surface area (Å²) >= 11 is 1.17. The van der Waals surface area contributed by atoms with Crippen LogP contribution in [0.2, 0.25) is 0 Å². The van der Waals surface area contributed by atoms with Crippen LogP contribution in [0.3, 0.4) is 0 Å². The molecule has 33 heavy (non-hydrogen) atoms. The Kier molecular flexibility index (Phi) is 6.36. The number of nitrogens with zero attached hydrogens (tertiary/aromatic N) is 5. The number of rotatable bonds is 8. The number of thioether (sulfide) groups is 1. The lowest BCUT2D eigenvalue weighted by Crippen LogP contribution is -2.14. The van der Waals surface area contributed by atoms with Crippen molar-refractivity contribution in [2.75, 3.05) is 25.3 Å². The molecule has 1 N–H and O–H groups in total. The Morgan fingerprint density at radius 2 is 1.82 bits per heavy atom. The zero-order chi connectivity index (χ0) is 23.4. The molecule has 0 spiro atoms. The van der Waals surface area contributed by atoms with Gasteiger partial charge in [0, 0.05) is 23.4 Å². The predicted octanol–water partition coefficient (Wildman–Crippen LogP) is 3.45. The molecule has 0 aliphatic rings. The molecule has 2 aromatic carbocycles. The summed E-state index contributed by atoms with van der Waals surface area (Å²) in [6.07, 6.45) is 0. The van der Waals surface area contributed by atoms with Crippen LogP contribution >= 0.6 is 11.8 Å². The number of nitro benzene ring substituents is 1. The van der Waals surface area contributed by atoms with E-state index >= 15 is 0 Å². The van der Waals surface area contributed by atoms with Crippen LogP contribution in [0.1, 0.15) is 0 Å². The molecule has 11 nitrogen and oxygen atoms in total. The van der Waals surface area contributed by atoms with Gasteiger partial charge < -0.3 is 14.8 Å². The van der Waals surface area contributed by atoms with Crippen LogP contribution in [0.5, 0.6) is 11.5 Å². The molecule has 1 amide bonds. The first kappa shape index (κ1) is 22.0. The summed E-state index contributed by atoms with van der Waals surface area (Å²) in [5.74, 6) is 0.960. The Bertz CT molecular complexity index is 1320. The number of nitrogens with one attached hydrogen (secondary N) is 1. The number of aromatic nitrogens is 4. The number of methoxy groups -OCH3 is 2. The highest BCUT2D eigenvalue weighted by Gasteiger charge is 2.14. The van der Waals surface area contributed by atoms with Crippen molar-refractivity contribution < 1.29 is 19.2 Å². The number of nitro groups is 1. The van der Waals surface area contributed by atoms with E-state index in [2.05, 4.69) is 20.6 Å². The van der Waals surface area contributed by atoms with Crippen molar-refractivity contribution in [3.63, 3.8) is 0 Å². The number of amides is 1. The smallest absolute Gasteiger partial charge is 0.269 e. The molecule has 0 aliphatic carbocycles. The fourth-order valence-electron chi connectivity index (χ4n) is 3.00. The Morgan fingerprint density at radius 3 is 2.52 bits per heavy atom. The molecule has 0 radical (unpaired) electrons. The third-order valence-corrected chi connectivity index (χ3v) is 5.53. The molecule has 0 bridgehead atoms. The van der Waals surface area contributed by atoms with Gasteiger partial charge in [-0.15, -0.1) is 10.2 Å². The molecule has 0 saturated carbocycles. The van der Waals surface area contributed by atoms with Crippen LogP contribution in [0.4, 0.5) is 11.4 Å². The van der Waals surface area contributed by atoms with Gasteiger partial charge in [0.15, 0.2) is 17.1 Å². The molecule has 0 aliphatic heterocycles. The monoisotopic (exact) mass is 466 g/mol. The second-order valence-electron chi connectivity index (χ2n) is 6.68. The topological polar surface area (TPSA) is 134 Å². The maximum atomic E-state index is 12.3. The van der Waals surface area contributed by atoms with E-state index in [4.69, 9.17) is 9.47 Å². The summed E-state index contributed by atoms with van der Waals surface area (Å²) in [5, 5.41) is 26.7. The molecule has 4 rings (SSSR count). The lowest BCUT2D eigenvalue weighted by molar-refractivity contribution is -0.384. The minimum absolute atomic E-state index is 0.0475. The average molecular weight is 466 g/mol. The number of benzene rings is 2. The number of carbonyl (C=O) groups is 1. The van der Waals surface area contributed by atoms with Crippen LogP contribution in [-0.2, 0) is 4.79 Å². The molecule has 168 valence electrons. The second kappa shape index (κ2) is 9.53. The Morgan fingerprint density at radius 1 is 1.06 bits per heavy atom. The van der Waals surface area contributed by atoms with Gasteiger partial charge in [-0.2, -0.15) is 9.61 Å². The summed E-state index contributed by atoms with van der Waals surface area (Å²) in [4.78, 5) is 22.5. The first-order chi connectivity index (χ1) is 16.0. The normalized spacial score (nSPS) is 10.7. The maximum absolute atomic E-state index is 12.3. The molecule has 12 heteroatoms. The Hall–Kier alpha value is -4.19. The van der Waals surface area contributed by atoms with Crippen LogP contribution in [-0.4, -0.2) is 50.6 Å². The van der Waals surface area contributed by atoms with Crippen LogP contribution in [0, 0.1) is 10.1 Å². The van der Waals surface area contributed by atoms with E-state index < -0.39 is 4.92 Å². The highest BCUT2D eigenvalue weighted by molar-refractivity contribution is 7.99. The van der Waals surface area contributed by atoms with Crippen molar-refractivity contribution in [2.24, 2.45) is 0 Å². The molecule has 0 unspecified atom stereocenters. The first-order valence-electron chi connectivity index (χ1n) is 9.60. The van der Waals surface area contributed by atoms with E-state index in [0.29, 0.717) is 33.7 Å². The second-order valence-corrected chi connectivity index (χ2v) is 7.62. The van der Waals surface area contributed by atoms with E-state index in [9.17, 15) is 14.9 Å². The van der Waals surface area contributed by atoms with Gasteiger partial charge in [0.25, 0.3) is 5.69 Å². The van der Waals surface area contributed by atoms with Crippen LogP contribution < -0.4 is 14.8 Å². The van der Waals surface area contributed by atoms with Crippen molar-refractivity contribution in [3.05, 3.63) is 64.7 Å². The van der Waals surface area contributed by atoms with E-state index in [1.54, 1.807) is 30.9 Å². The predicted molar refractivity (Wildman–Crippen MR) is 122 cm³/mol. The molecule has 2 aromatic heterocycles. The molecule has 0 fully saturated rings. The summed E-state index contributed by atoms with van der Waals surface area (Å²) in [6.45, 7) is 0. The minimum Gasteiger partial charge on any atom is -0.493 e. The zero-order valence-corrected chi connectivity index (χ0v) is 18.4. The lowest BCUT2D eigenvalue weighted by atomic mass is 10.1. The van der Waals surface area contributed by atoms with Gasteiger partial charge in [-0.3, -0.25) is 14.9 Å². The number of ether oxygens (including phenoxy) is 2. The SMILES string of the molecule is COc1ccc(-c2ccc3nnc(SCC(=O)Nc4ccc([N+](=O)[O-])cc4)n3n2)cc1OC. The van der Waals surface area contributed by atoms with Gasteiger partial charge in [0.1, 0.15) is 0 Å². The molecule has 0 saturated heterocycles. The number of hydrogen-bond donors (Lipinski definition) is 1. The quantitative estimate of drug-likeness (QED) is 0.235. The fourth-order valence-corrected chi connectivity index (χ4v) is 3.69. The molecular formula is C21H18N6O5S. The number of hydrogen-bond acceptors (Lipinski definition) is 9. The third kappa shape index (κ3) is 4.85. The van der Waals surface area contributed by atoms with Crippen molar-refractivity contribution in [3.8, 4) is 22.8 Å². The summed E-state index contributed by atoms with van der Waals surface area (Å²) in [6, 6.07) is 14.7. The van der Waals surface area contributed by atoms with Gasteiger partial charge in [-0.25, -0.2) is 0 Å². The fraction of sp³-hybridized carbons (Fsp3) is 0.143. The Labute approximate surface area is 191 Å². The minimum atomic E-state index is -0.499. The number of non-ortho nitro benzene ring substituents is 1. The van der Waals surface area contributed by atoms with Crippen LogP contribution in [0.15, 0.2) is 59.8 Å². The summed E-state index contributed by atoms with van der Waals surface area (Å²) in [7, 11) is 3.13. The van der Waals surface area contributed by atoms with Gasteiger partial charge in [-0.1, -0.05) is 11.8 Å². The number of fused-ring (bicyclic) bond motifs is 1. The van der Waals surface area contributed by atoms with Crippen molar-refractivity contribution in [1.29, 1.82) is 0 Å².